The van der Waals surface area contributed by atoms with Crippen LogP contribution in [0.5, 0.6) is 0 Å². The van der Waals surface area contributed by atoms with Crippen LogP contribution in [0.4, 0.5) is 0 Å². The molecule has 0 rings (SSSR count). The number of methoxy groups -OCH3 is 1. The Hall–Kier alpha value is 0.120. The van der Waals surface area contributed by atoms with Crippen molar-refractivity contribution >= 4 is 23.2 Å². The molecule has 0 amide bonds. The van der Waals surface area contributed by atoms with Crippen LogP contribution >= 0.6 is 23.2 Å². The molecule has 0 N–H and O–H groups in total. The average Bonchev–Trinajstić information content (AvgIpc) is 1.68. The fraction of sp³-hybridized carbons (Fsp3) is 0.500. The standard InChI is InChI=1S/C4H6Cl2O/c1-7-3-4(6)2-5/h3H,2H2,1H3/b4-3-. The first-order valence-corrected chi connectivity index (χ1v) is 2.65. The van der Waals surface area contributed by atoms with Crippen LogP contribution in [0.2, 0.25) is 0 Å². The Bertz CT molecular complexity index is 70.1. The second kappa shape index (κ2) is 4.28. The van der Waals surface area contributed by atoms with E-state index in [2.05, 4.69) is 4.74 Å². The Morgan fingerprint density at radius 3 is 2.57 bits per heavy atom. The SMILES string of the molecule is CO/C=C(\Cl)CCl. The van der Waals surface area contributed by atoms with Gasteiger partial charge >= 0.3 is 0 Å². The Morgan fingerprint density at radius 1 is 1.86 bits per heavy atom. The molecule has 0 bridgehead atoms. The number of hydrogen-bond acceptors (Lipinski definition) is 1. The number of alkyl halides is 1. The van der Waals surface area contributed by atoms with E-state index in [1.54, 1.807) is 0 Å². The third kappa shape index (κ3) is 3.96. The number of halogens is 2. The topological polar surface area (TPSA) is 9.23 Å². The Balaban J connectivity index is 3.29. The van der Waals surface area contributed by atoms with Crippen LogP contribution < -0.4 is 0 Å². The lowest BCUT2D eigenvalue weighted by atomic mass is 10.7. The minimum Gasteiger partial charge on any atom is -0.503 e. The third-order valence-electron chi connectivity index (χ3n) is 0.373. The highest BCUT2D eigenvalue weighted by Gasteiger charge is 1.83. The van der Waals surface area contributed by atoms with Gasteiger partial charge in [0, 0.05) is 0 Å². The summed E-state index contributed by atoms with van der Waals surface area (Å²) < 4.78 is 4.52. The van der Waals surface area contributed by atoms with E-state index in [0.717, 1.165) is 0 Å². The van der Waals surface area contributed by atoms with Crippen molar-refractivity contribution in [3.8, 4) is 0 Å². The summed E-state index contributed by atoms with van der Waals surface area (Å²) in [4.78, 5) is 0. The monoisotopic (exact) mass is 140 g/mol. The van der Waals surface area contributed by atoms with Crippen molar-refractivity contribution in [1.29, 1.82) is 0 Å². The van der Waals surface area contributed by atoms with Gasteiger partial charge in [-0.25, -0.2) is 0 Å². The van der Waals surface area contributed by atoms with Gasteiger partial charge < -0.3 is 4.74 Å². The van der Waals surface area contributed by atoms with Gasteiger partial charge in [0.25, 0.3) is 0 Å². The molecular weight excluding hydrogens is 135 g/mol. The average molecular weight is 141 g/mol. The minimum atomic E-state index is 0.315. The molecule has 0 radical (unpaired) electrons. The van der Waals surface area contributed by atoms with Gasteiger partial charge in [0.05, 0.1) is 24.3 Å². The van der Waals surface area contributed by atoms with Gasteiger partial charge in [0.1, 0.15) is 0 Å². The number of allylic oxidation sites excluding steroid dienone is 1. The van der Waals surface area contributed by atoms with E-state index in [1.165, 1.54) is 13.4 Å². The maximum Gasteiger partial charge on any atom is 0.0982 e. The molecule has 0 saturated carbocycles. The number of rotatable bonds is 2. The summed E-state index contributed by atoms with van der Waals surface area (Å²) in [5, 5.41) is 0.518. The van der Waals surface area contributed by atoms with E-state index in [1.807, 2.05) is 0 Å². The molecule has 0 saturated heterocycles. The van der Waals surface area contributed by atoms with Gasteiger partial charge in [-0.2, -0.15) is 0 Å². The summed E-state index contributed by atoms with van der Waals surface area (Å²) in [7, 11) is 1.52. The van der Waals surface area contributed by atoms with E-state index in [4.69, 9.17) is 23.2 Å². The van der Waals surface area contributed by atoms with E-state index in [0.29, 0.717) is 10.9 Å². The summed E-state index contributed by atoms with van der Waals surface area (Å²) in [5.41, 5.74) is 0. The second-order valence-corrected chi connectivity index (χ2v) is 1.69. The predicted octanol–water partition coefficient (Wildman–Crippen LogP) is 1.95. The molecule has 3 heteroatoms. The molecule has 0 atom stereocenters. The normalized spacial score (nSPS) is 11.6. The molecule has 0 heterocycles. The van der Waals surface area contributed by atoms with Crippen LogP contribution in [0.1, 0.15) is 0 Å². The molecule has 42 valence electrons. The highest BCUT2D eigenvalue weighted by molar-refractivity contribution is 6.35. The maximum atomic E-state index is 5.37. The first-order valence-electron chi connectivity index (χ1n) is 1.74. The highest BCUT2D eigenvalue weighted by atomic mass is 35.5. The van der Waals surface area contributed by atoms with Gasteiger partial charge in [-0.05, 0) is 0 Å². The number of hydrogen-bond donors (Lipinski definition) is 0. The van der Waals surface area contributed by atoms with E-state index in [9.17, 15) is 0 Å². The van der Waals surface area contributed by atoms with Crippen LogP contribution in [-0.4, -0.2) is 13.0 Å². The molecule has 1 nitrogen and oxygen atoms in total. The fourth-order valence-corrected chi connectivity index (χ4v) is 0.311. The zero-order valence-electron chi connectivity index (χ0n) is 3.95. The van der Waals surface area contributed by atoms with Crippen molar-refractivity contribution in [2.75, 3.05) is 13.0 Å². The molecule has 7 heavy (non-hydrogen) atoms. The third-order valence-corrected chi connectivity index (χ3v) is 1.02. The Morgan fingerprint density at radius 2 is 2.43 bits per heavy atom. The van der Waals surface area contributed by atoms with Gasteiger partial charge in [0.2, 0.25) is 0 Å². The highest BCUT2D eigenvalue weighted by Crippen LogP contribution is 2.01. The zero-order valence-corrected chi connectivity index (χ0v) is 5.46. The zero-order chi connectivity index (χ0) is 5.70. The molecule has 0 aromatic heterocycles. The molecule has 0 unspecified atom stereocenters. The van der Waals surface area contributed by atoms with Crippen molar-refractivity contribution < 1.29 is 4.74 Å². The predicted molar refractivity (Wildman–Crippen MR) is 31.7 cm³/mol. The summed E-state index contributed by atoms with van der Waals surface area (Å²) in [6.45, 7) is 0. The molecule has 0 aromatic carbocycles. The molecule has 0 fully saturated rings. The lowest BCUT2D eigenvalue weighted by Gasteiger charge is -1.87. The Labute approximate surface area is 52.9 Å². The van der Waals surface area contributed by atoms with Gasteiger partial charge in [-0.3, -0.25) is 0 Å². The van der Waals surface area contributed by atoms with Gasteiger partial charge in [-0.1, -0.05) is 11.6 Å². The molecular formula is C4H6Cl2O. The lowest BCUT2D eigenvalue weighted by Crippen LogP contribution is -1.73. The first kappa shape index (κ1) is 7.12. The van der Waals surface area contributed by atoms with Crippen molar-refractivity contribution in [2.45, 2.75) is 0 Å². The summed E-state index contributed by atoms with van der Waals surface area (Å²) in [5.74, 6) is 0.315. The summed E-state index contributed by atoms with van der Waals surface area (Å²) >= 11 is 10.6. The van der Waals surface area contributed by atoms with Crippen LogP contribution in [0.25, 0.3) is 0 Å². The van der Waals surface area contributed by atoms with Crippen molar-refractivity contribution in [3.63, 3.8) is 0 Å². The largest absolute Gasteiger partial charge is 0.503 e. The van der Waals surface area contributed by atoms with Crippen LogP contribution in [0.3, 0.4) is 0 Å². The van der Waals surface area contributed by atoms with Crippen molar-refractivity contribution in [1.82, 2.24) is 0 Å². The quantitative estimate of drug-likeness (QED) is 0.421. The second-order valence-electron chi connectivity index (χ2n) is 0.934. The Kier molecular flexibility index (Phi) is 4.36. The summed E-state index contributed by atoms with van der Waals surface area (Å²) in [6.07, 6.45) is 1.40. The van der Waals surface area contributed by atoms with Gasteiger partial charge in [0.15, 0.2) is 0 Å². The van der Waals surface area contributed by atoms with Crippen LogP contribution in [0, 0.1) is 0 Å². The lowest BCUT2D eigenvalue weighted by molar-refractivity contribution is 0.336. The maximum absolute atomic E-state index is 5.37. The first-order chi connectivity index (χ1) is 3.31. The van der Waals surface area contributed by atoms with E-state index < -0.39 is 0 Å². The molecule has 0 aliphatic rings. The van der Waals surface area contributed by atoms with Crippen LogP contribution in [-0.2, 0) is 4.74 Å². The minimum absolute atomic E-state index is 0.315. The molecule has 0 aromatic rings. The van der Waals surface area contributed by atoms with Crippen molar-refractivity contribution in [2.24, 2.45) is 0 Å². The van der Waals surface area contributed by atoms with Crippen molar-refractivity contribution in [3.05, 3.63) is 11.3 Å². The van der Waals surface area contributed by atoms with Crippen LogP contribution in [0.15, 0.2) is 11.3 Å². The van der Waals surface area contributed by atoms with Gasteiger partial charge in [-0.15, -0.1) is 11.6 Å². The molecule has 0 aliphatic carbocycles. The summed E-state index contributed by atoms with van der Waals surface area (Å²) in [6, 6.07) is 0. The molecule has 0 spiro atoms. The van der Waals surface area contributed by atoms with E-state index >= 15 is 0 Å². The number of ether oxygens (including phenoxy) is 1. The fourth-order valence-electron chi connectivity index (χ4n) is 0.159. The smallest absolute Gasteiger partial charge is 0.0982 e. The van der Waals surface area contributed by atoms with E-state index in [-0.39, 0.29) is 0 Å². The molecule has 0 aliphatic heterocycles.